The molecular formula is C25H18ClN3O6S. The molecule has 1 aliphatic heterocycles. The number of nitrogens with zero attached hydrogens (tertiary/aromatic N) is 2. The summed E-state index contributed by atoms with van der Waals surface area (Å²) < 4.78 is 1.79. The van der Waals surface area contributed by atoms with Gasteiger partial charge in [0.25, 0.3) is 11.8 Å². The maximum Gasteiger partial charge on any atom is 0.337 e. The third-order valence-corrected chi connectivity index (χ3v) is 6.30. The van der Waals surface area contributed by atoms with E-state index in [4.69, 9.17) is 28.9 Å². The number of amides is 2. The van der Waals surface area contributed by atoms with E-state index in [-0.39, 0.29) is 26.8 Å². The molecule has 11 heteroatoms. The first-order valence-corrected chi connectivity index (χ1v) is 11.2. The molecule has 1 fully saturated rings. The van der Waals surface area contributed by atoms with Crippen molar-refractivity contribution in [3.63, 3.8) is 0 Å². The van der Waals surface area contributed by atoms with Crippen molar-refractivity contribution in [3.8, 4) is 5.69 Å². The van der Waals surface area contributed by atoms with Crippen LogP contribution in [0.2, 0.25) is 5.02 Å². The van der Waals surface area contributed by atoms with Crippen LogP contribution >= 0.6 is 23.8 Å². The van der Waals surface area contributed by atoms with E-state index >= 15 is 0 Å². The van der Waals surface area contributed by atoms with Gasteiger partial charge in [0.05, 0.1) is 21.8 Å². The number of carboxylic acid groups (broad SMARTS) is 2. The van der Waals surface area contributed by atoms with Crippen LogP contribution < -0.4 is 10.2 Å². The largest absolute Gasteiger partial charge is 0.478 e. The zero-order valence-corrected chi connectivity index (χ0v) is 20.5. The molecule has 1 aliphatic rings. The number of aromatic carboxylic acids is 2. The molecule has 2 heterocycles. The first kappa shape index (κ1) is 24.8. The van der Waals surface area contributed by atoms with E-state index in [0.717, 1.165) is 10.6 Å². The maximum absolute atomic E-state index is 13.3. The molecule has 0 atom stereocenters. The summed E-state index contributed by atoms with van der Waals surface area (Å²) in [5.41, 5.74) is 2.62. The highest BCUT2D eigenvalue weighted by molar-refractivity contribution is 7.80. The summed E-state index contributed by atoms with van der Waals surface area (Å²) in [4.78, 5) is 49.8. The van der Waals surface area contributed by atoms with Gasteiger partial charge in [0.15, 0.2) is 5.11 Å². The molecule has 182 valence electrons. The van der Waals surface area contributed by atoms with Gasteiger partial charge in [-0.1, -0.05) is 11.6 Å². The molecule has 1 saturated heterocycles. The zero-order chi connectivity index (χ0) is 26.3. The van der Waals surface area contributed by atoms with Crippen LogP contribution in [-0.2, 0) is 9.59 Å². The molecule has 0 aliphatic carbocycles. The quantitative estimate of drug-likeness (QED) is 0.262. The minimum atomic E-state index is -1.16. The van der Waals surface area contributed by atoms with Crippen molar-refractivity contribution >= 4 is 64.4 Å². The van der Waals surface area contributed by atoms with Crippen molar-refractivity contribution in [1.29, 1.82) is 0 Å². The lowest BCUT2D eigenvalue weighted by Crippen LogP contribution is -2.54. The monoisotopic (exact) mass is 523 g/mol. The molecule has 3 N–H and O–H groups in total. The summed E-state index contributed by atoms with van der Waals surface area (Å²) in [7, 11) is 0. The van der Waals surface area contributed by atoms with Crippen molar-refractivity contribution in [2.75, 3.05) is 4.90 Å². The summed E-state index contributed by atoms with van der Waals surface area (Å²) in [6.07, 6.45) is 1.44. The highest BCUT2D eigenvalue weighted by Crippen LogP contribution is 2.28. The number of benzene rings is 2. The van der Waals surface area contributed by atoms with Gasteiger partial charge in [-0.2, -0.15) is 0 Å². The van der Waals surface area contributed by atoms with Crippen LogP contribution in [0.5, 0.6) is 0 Å². The van der Waals surface area contributed by atoms with Crippen LogP contribution in [-0.4, -0.2) is 43.6 Å². The van der Waals surface area contributed by atoms with E-state index in [1.165, 1.54) is 42.5 Å². The highest BCUT2D eigenvalue weighted by atomic mass is 35.5. The fraction of sp³-hybridized carbons (Fsp3) is 0.0800. The molecule has 0 bridgehead atoms. The number of carbonyl (C=O) groups excluding carboxylic acids is 2. The number of hydrogen-bond donors (Lipinski definition) is 3. The molecule has 1 aromatic heterocycles. The molecule has 9 nitrogen and oxygen atoms in total. The standard InChI is InChI=1S/C25H18ClN3O6S/c1-12-9-15(13(2)28(12)17-7-8-20(26)18(11-17)24(34)35)10-19-21(30)27-25(36)29(22(19)31)16-5-3-14(4-6-16)23(32)33/h3-11H,1-2H3,(H,32,33)(H,34,35)(H,27,30,36)/b19-10+. The van der Waals surface area contributed by atoms with Gasteiger partial charge >= 0.3 is 11.9 Å². The van der Waals surface area contributed by atoms with Crippen molar-refractivity contribution < 1.29 is 29.4 Å². The summed E-state index contributed by atoms with van der Waals surface area (Å²) in [6, 6.07) is 11.9. The first-order valence-electron chi connectivity index (χ1n) is 10.5. The van der Waals surface area contributed by atoms with Gasteiger partial charge in [-0.15, -0.1) is 0 Å². The number of halogens is 1. The van der Waals surface area contributed by atoms with E-state index in [0.29, 0.717) is 22.6 Å². The number of nitrogens with one attached hydrogen (secondary N) is 1. The molecule has 4 rings (SSSR count). The van der Waals surface area contributed by atoms with Crippen LogP contribution in [0.15, 0.2) is 54.1 Å². The van der Waals surface area contributed by atoms with E-state index in [1.54, 1.807) is 30.5 Å². The van der Waals surface area contributed by atoms with Crippen LogP contribution in [0.3, 0.4) is 0 Å². The van der Waals surface area contributed by atoms with Gasteiger partial charge in [0, 0.05) is 17.1 Å². The molecule has 0 unspecified atom stereocenters. The Kier molecular flexibility index (Phi) is 6.49. The normalized spacial score (nSPS) is 14.8. The number of hydrogen-bond acceptors (Lipinski definition) is 5. The van der Waals surface area contributed by atoms with Crippen molar-refractivity contribution in [2.45, 2.75) is 13.8 Å². The van der Waals surface area contributed by atoms with Crippen LogP contribution in [0, 0.1) is 13.8 Å². The molecule has 3 aromatic rings. The summed E-state index contributed by atoms with van der Waals surface area (Å²) in [5.74, 6) is -3.62. The molecule has 2 amide bonds. The molecular weight excluding hydrogens is 506 g/mol. The lowest BCUT2D eigenvalue weighted by molar-refractivity contribution is -0.122. The Balaban J connectivity index is 1.75. The van der Waals surface area contributed by atoms with Gasteiger partial charge in [0.1, 0.15) is 5.57 Å². The Hall–Kier alpha value is -4.28. The number of carboxylic acids is 2. The summed E-state index contributed by atoms with van der Waals surface area (Å²) >= 11 is 11.2. The first-order chi connectivity index (χ1) is 17.0. The molecule has 0 radical (unpaired) electrons. The Bertz CT molecular complexity index is 1510. The van der Waals surface area contributed by atoms with Crippen molar-refractivity contribution in [1.82, 2.24) is 9.88 Å². The number of aryl methyl sites for hydroxylation is 1. The third-order valence-electron chi connectivity index (χ3n) is 5.68. The summed E-state index contributed by atoms with van der Waals surface area (Å²) in [6.45, 7) is 3.57. The van der Waals surface area contributed by atoms with E-state index in [1.807, 2.05) is 0 Å². The Labute approximate surface area is 215 Å². The van der Waals surface area contributed by atoms with Crippen LogP contribution in [0.1, 0.15) is 37.7 Å². The minimum absolute atomic E-state index is 0.0367. The number of rotatable bonds is 5. The number of anilines is 1. The van der Waals surface area contributed by atoms with Crippen molar-refractivity contribution in [3.05, 3.63) is 87.2 Å². The van der Waals surface area contributed by atoms with Gasteiger partial charge in [-0.25, -0.2) is 9.59 Å². The van der Waals surface area contributed by atoms with E-state index in [9.17, 15) is 24.3 Å². The SMILES string of the molecule is Cc1cc(/C=C2\C(=O)NC(=S)N(c3ccc(C(=O)O)cc3)C2=O)c(C)n1-c1ccc(Cl)c(C(=O)O)c1. The maximum atomic E-state index is 13.3. The number of aromatic nitrogens is 1. The average Bonchev–Trinajstić information content (AvgIpc) is 3.09. The lowest BCUT2D eigenvalue weighted by atomic mass is 10.1. The molecule has 0 spiro atoms. The fourth-order valence-corrected chi connectivity index (χ4v) is 4.43. The molecule has 0 saturated carbocycles. The second-order valence-corrected chi connectivity index (χ2v) is 8.73. The predicted octanol–water partition coefficient (Wildman–Crippen LogP) is 3.98. The Morgan fingerprint density at radius 3 is 2.22 bits per heavy atom. The minimum Gasteiger partial charge on any atom is -0.478 e. The van der Waals surface area contributed by atoms with Gasteiger partial charge in [-0.05, 0) is 86.2 Å². The summed E-state index contributed by atoms with van der Waals surface area (Å²) in [5, 5.41) is 21.0. The van der Waals surface area contributed by atoms with Gasteiger partial charge < -0.3 is 14.8 Å². The highest BCUT2D eigenvalue weighted by Gasteiger charge is 2.34. The smallest absolute Gasteiger partial charge is 0.337 e. The second kappa shape index (κ2) is 9.40. The van der Waals surface area contributed by atoms with Crippen molar-refractivity contribution in [2.24, 2.45) is 0 Å². The van der Waals surface area contributed by atoms with Crippen LogP contribution in [0.4, 0.5) is 5.69 Å². The Morgan fingerprint density at radius 1 is 0.972 bits per heavy atom. The third kappa shape index (κ3) is 4.39. The Morgan fingerprint density at radius 2 is 1.61 bits per heavy atom. The zero-order valence-electron chi connectivity index (χ0n) is 18.9. The predicted molar refractivity (Wildman–Crippen MR) is 137 cm³/mol. The molecule has 2 aromatic carbocycles. The van der Waals surface area contributed by atoms with Gasteiger partial charge in [-0.3, -0.25) is 19.8 Å². The lowest BCUT2D eigenvalue weighted by Gasteiger charge is -2.29. The molecule has 36 heavy (non-hydrogen) atoms. The van der Waals surface area contributed by atoms with E-state index < -0.39 is 23.8 Å². The van der Waals surface area contributed by atoms with Crippen LogP contribution in [0.25, 0.3) is 11.8 Å². The second-order valence-electron chi connectivity index (χ2n) is 7.94. The fourth-order valence-electron chi connectivity index (χ4n) is 3.95. The average molecular weight is 524 g/mol. The topological polar surface area (TPSA) is 129 Å². The number of thiocarbonyl (C=S) groups is 1. The number of carbonyl (C=O) groups is 4. The van der Waals surface area contributed by atoms with E-state index in [2.05, 4.69) is 5.32 Å². The van der Waals surface area contributed by atoms with Gasteiger partial charge in [0.2, 0.25) is 0 Å².